The third-order valence-electron chi connectivity index (χ3n) is 3.32. The van der Waals surface area contributed by atoms with Crippen LogP contribution < -0.4 is 17.2 Å². The zero-order valence-corrected chi connectivity index (χ0v) is 8.37. The molecule has 14 heavy (non-hydrogen) atoms. The maximum Gasteiger partial charge on any atom is 0.103 e. The third-order valence-corrected chi connectivity index (χ3v) is 3.32. The molecule has 78 valence electrons. The van der Waals surface area contributed by atoms with Gasteiger partial charge in [-0.1, -0.05) is 0 Å². The molecule has 0 aromatic rings. The van der Waals surface area contributed by atoms with Crippen LogP contribution in [0.4, 0.5) is 0 Å². The van der Waals surface area contributed by atoms with Gasteiger partial charge in [0.15, 0.2) is 0 Å². The summed E-state index contributed by atoms with van der Waals surface area (Å²) in [6.07, 6.45) is 2.86. The summed E-state index contributed by atoms with van der Waals surface area (Å²) >= 11 is 0. The molecule has 6 N–H and O–H groups in total. The van der Waals surface area contributed by atoms with E-state index in [0.717, 1.165) is 31.6 Å². The Kier molecular flexibility index (Phi) is 2.56. The molecule has 0 amide bonds. The van der Waals surface area contributed by atoms with Crippen LogP contribution in [0.15, 0.2) is 16.3 Å². The molecule has 0 saturated carbocycles. The van der Waals surface area contributed by atoms with E-state index < -0.39 is 0 Å². The Balaban J connectivity index is 2.14. The van der Waals surface area contributed by atoms with E-state index in [1.165, 1.54) is 11.3 Å². The van der Waals surface area contributed by atoms with E-state index in [2.05, 4.69) is 4.99 Å². The van der Waals surface area contributed by atoms with Crippen LogP contribution in [0.1, 0.15) is 19.3 Å². The van der Waals surface area contributed by atoms with E-state index >= 15 is 0 Å². The van der Waals surface area contributed by atoms with Crippen molar-refractivity contribution in [3.8, 4) is 0 Å². The van der Waals surface area contributed by atoms with Crippen molar-refractivity contribution in [2.24, 2.45) is 34.0 Å². The smallest absolute Gasteiger partial charge is 0.103 e. The maximum absolute atomic E-state index is 5.74. The van der Waals surface area contributed by atoms with Crippen LogP contribution >= 0.6 is 0 Å². The second kappa shape index (κ2) is 3.71. The molecular weight excluding hydrogens is 176 g/mol. The van der Waals surface area contributed by atoms with Gasteiger partial charge in [-0.3, -0.25) is 0 Å². The average molecular weight is 194 g/mol. The summed E-state index contributed by atoms with van der Waals surface area (Å²) in [5.41, 5.74) is 19.8. The molecule has 0 saturated heterocycles. The molecule has 2 rings (SSSR count). The molecule has 1 aliphatic carbocycles. The maximum atomic E-state index is 5.74. The van der Waals surface area contributed by atoms with Gasteiger partial charge in [0.05, 0.1) is 0 Å². The molecule has 0 aromatic carbocycles. The van der Waals surface area contributed by atoms with Gasteiger partial charge in [-0.25, -0.2) is 4.99 Å². The number of amidine groups is 1. The highest BCUT2D eigenvalue weighted by Gasteiger charge is 2.30. The minimum Gasteiger partial charge on any atom is -0.387 e. The summed E-state index contributed by atoms with van der Waals surface area (Å²) in [6.45, 7) is 1.42. The summed E-state index contributed by atoms with van der Waals surface area (Å²) < 4.78 is 0. The van der Waals surface area contributed by atoms with Crippen molar-refractivity contribution in [1.82, 2.24) is 0 Å². The van der Waals surface area contributed by atoms with Gasteiger partial charge in [0.2, 0.25) is 0 Å². The molecule has 4 nitrogen and oxygen atoms in total. The molecule has 0 unspecified atom stereocenters. The first kappa shape index (κ1) is 9.68. The normalized spacial score (nSPS) is 31.7. The lowest BCUT2D eigenvalue weighted by molar-refractivity contribution is 0.321. The van der Waals surface area contributed by atoms with Gasteiger partial charge in [-0.15, -0.1) is 0 Å². The number of nitrogens with two attached hydrogens (primary N) is 3. The van der Waals surface area contributed by atoms with Gasteiger partial charge >= 0.3 is 0 Å². The monoisotopic (exact) mass is 194 g/mol. The SMILES string of the molecule is NC[C@H]1CC2=C(C[C@@H]1CN)N=C(N)C2. The molecular formula is C10H18N4. The molecule has 4 heteroatoms. The van der Waals surface area contributed by atoms with E-state index in [9.17, 15) is 0 Å². The fourth-order valence-electron chi connectivity index (χ4n) is 2.44. The van der Waals surface area contributed by atoms with Gasteiger partial charge in [0.1, 0.15) is 5.84 Å². The molecule has 1 heterocycles. The van der Waals surface area contributed by atoms with Crippen LogP contribution in [0.5, 0.6) is 0 Å². The Labute approximate surface area is 84.2 Å². The van der Waals surface area contributed by atoms with E-state index in [1.54, 1.807) is 0 Å². The van der Waals surface area contributed by atoms with Gasteiger partial charge < -0.3 is 17.2 Å². The van der Waals surface area contributed by atoms with Gasteiger partial charge in [0.25, 0.3) is 0 Å². The Hall–Kier alpha value is -0.870. The summed E-state index contributed by atoms with van der Waals surface area (Å²) in [6, 6.07) is 0. The minimum absolute atomic E-state index is 0.494. The molecule has 2 aliphatic rings. The second-order valence-corrected chi connectivity index (χ2v) is 4.23. The molecule has 0 bridgehead atoms. The van der Waals surface area contributed by atoms with Crippen LogP contribution in [0, 0.1) is 11.8 Å². The topological polar surface area (TPSA) is 90.4 Å². The molecule has 1 aliphatic heterocycles. The Morgan fingerprint density at radius 1 is 1.14 bits per heavy atom. The van der Waals surface area contributed by atoms with E-state index in [4.69, 9.17) is 17.2 Å². The number of rotatable bonds is 2. The van der Waals surface area contributed by atoms with Crippen LogP contribution in [0.25, 0.3) is 0 Å². The zero-order valence-electron chi connectivity index (χ0n) is 8.37. The highest BCUT2D eigenvalue weighted by atomic mass is 14.9. The van der Waals surface area contributed by atoms with Crippen LogP contribution in [0.2, 0.25) is 0 Å². The van der Waals surface area contributed by atoms with Crippen LogP contribution in [-0.2, 0) is 0 Å². The predicted octanol–water partition coefficient (Wildman–Crippen LogP) is -0.0550. The Morgan fingerprint density at radius 3 is 2.43 bits per heavy atom. The summed E-state index contributed by atoms with van der Waals surface area (Å²) in [5.74, 6) is 1.77. The van der Waals surface area contributed by atoms with Gasteiger partial charge in [0, 0.05) is 12.1 Å². The molecule has 2 atom stereocenters. The molecule has 0 aromatic heterocycles. The van der Waals surface area contributed by atoms with Crippen molar-refractivity contribution in [1.29, 1.82) is 0 Å². The summed E-state index contributed by atoms with van der Waals surface area (Å²) in [5, 5.41) is 0. The fraction of sp³-hybridized carbons (Fsp3) is 0.700. The average Bonchev–Trinajstić information content (AvgIpc) is 2.54. The number of hydrogen-bond donors (Lipinski definition) is 3. The van der Waals surface area contributed by atoms with Crippen LogP contribution in [-0.4, -0.2) is 18.9 Å². The van der Waals surface area contributed by atoms with Gasteiger partial charge in [-0.2, -0.15) is 0 Å². The van der Waals surface area contributed by atoms with E-state index in [1.807, 2.05) is 0 Å². The number of allylic oxidation sites excluding steroid dienone is 1. The van der Waals surface area contributed by atoms with Crippen molar-refractivity contribution in [3.05, 3.63) is 11.3 Å². The lowest BCUT2D eigenvalue weighted by atomic mass is 9.78. The standard InChI is InChI=1S/C10H18N4/c11-4-7-1-6-3-10(13)14-9(6)2-8(7)5-12/h7-8H,1-5,11-12H2,(H2,13,14)/t7-,8-/m1/s1. The highest BCUT2D eigenvalue weighted by molar-refractivity contribution is 5.86. The largest absolute Gasteiger partial charge is 0.387 e. The van der Waals surface area contributed by atoms with Crippen LogP contribution in [0.3, 0.4) is 0 Å². The first-order valence-corrected chi connectivity index (χ1v) is 5.18. The minimum atomic E-state index is 0.494. The molecule has 0 spiro atoms. The fourth-order valence-corrected chi connectivity index (χ4v) is 2.44. The number of nitrogens with zero attached hydrogens (tertiary/aromatic N) is 1. The first-order valence-electron chi connectivity index (χ1n) is 5.18. The lowest BCUT2D eigenvalue weighted by Gasteiger charge is -2.30. The van der Waals surface area contributed by atoms with E-state index in [0.29, 0.717) is 18.4 Å². The Morgan fingerprint density at radius 2 is 1.79 bits per heavy atom. The Bertz CT molecular complexity index is 292. The highest BCUT2D eigenvalue weighted by Crippen LogP contribution is 2.38. The first-order chi connectivity index (χ1) is 6.74. The van der Waals surface area contributed by atoms with Crippen molar-refractivity contribution >= 4 is 5.84 Å². The van der Waals surface area contributed by atoms with Crippen molar-refractivity contribution < 1.29 is 0 Å². The van der Waals surface area contributed by atoms with Crippen molar-refractivity contribution in [3.63, 3.8) is 0 Å². The number of hydrogen-bond acceptors (Lipinski definition) is 4. The summed E-state index contributed by atoms with van der Waals surface area (Å²) in [7, 11) is 0. The second-order valence-electron chi connectivity index (χ2n) is 4.23. The quantitative estimate of drug-likeness (QED) is 0.575. The predicted molar refractivity (Wildman–Crippen MR) is 57.6 cm³/mol. The molecule has 0 radical (unpaired) electrons. The summed E-state index contributed by atoms with van der Waals surface area (Å²) in [4.78, 5) is 4.36. The van der Waals surface area contributed by atoms with Gasteiger partial charge in [-0.05, 0) is 43.3 Å². The van der Waals surface area contributed by atoms with Crippen molar-refractivity contribution in [2.75, 3.05) is 13.1 Å². The lowest BCUT2D eigenvalue weighted by Crippen LogP contribution is -2.32. The third kappa shape index (κ3) is 1.55. The van der Waals surface area contributed by atoms with Crippen molar-refractivity contribution in [2.45, 2.75) is 19.3 Å². The molecule has 0 fully saturated rings. The zero-order chi connectivity index (χ0) is 10.1. The van der Waals surface area contributed by atoms with E-state index in [-0.39, 0.29) is 0 Å². The number of aliphatic imine (C=N–C) groups is 1.